The summed E-state index contributed by atoms with van der Waals surface area (Å²) in [6.45, 7) is 0. The molecule has 0 atom stereocenters. The number of pyridine rings is 1. The Hall–Kier alpha value is -2.90. The maximum atomic E-state index is 12.5. The number of fused-ring (bicyclic) bond motifs is 1. The van der Waals surface area contributed by atoms with E-state index in [1.807, 2.05) is 0 Å². The maximum Gasteiger partial charge on any atom is 0.416 e. The van der Waals surface area contributed by atoms with Gasteiger partial charge >= 0.3 is 11.9 Å². The number of nitrogens with zero attached hydrogens (tertiary/aromatic N) is 2. The molecule has 2 aromatic heterocycles. The first-order valence-corrected chi connectivity index (χ1v) is 6.23. The van der Waals surface area contributed by atoms with Crippen LogP contribution < -0.4 is 11.0 Å². The van der Waals surface area contributed by atoms with E-state index in [-0.39, 0.29) is 5.65 Å². The van der Waals surface area contributed by atoms with E-state index in [1.54, 1.807) is 12.1 Å². The van der Waals surface area contributed by atoms with Gasteiger partial charge in [-0.05, 0) is 36.4 Å². The summed E-state index contributed by atoms with van der Waals surface area (Å²) in [6, 6.07) is 7.84. The fourth-order valence-corrected chi connectivity index (χ4v) is 1.97. The van der Waals surface area contributed by atoms with Crippen molar-refractivity contribution in [2.45, 2.75) is 6.18 Å². The Bertz CT molecular complexity index is 872. The molecule has 3 aromatic rings. The van der Waals surface area contributed by atoms with Crippen LogP contribution in [0.1, 0.15) is 5.56 Å². The summed E-state index contributed by atoms with van der Waals surface area (Å²) >= 11 is 0. The summed E-state index contributed by atoms with van der Waals surface area (Å²) in [6.07, 6.45) is -2.89. The van der Waals surface area contributed by atoms with Crippen molar-refractivity contribution in [1.82, 2.24) is 15.0 Å². The maximum absolute atomic E-state index is 12.5. The fourth-order valence-electron chi connectivity index (χ4n) is 1.97. The van der Waals surface area contributed by atoms with Crippen molar-refractivity contribution in [2.75, 3.05) is 5.32 Å². The standard InChI is InChI=1S/C14H9F3N4O/c15-14(16,17)8-3-5-9(6-4-8)19-12-10-2-1-7-18-11(10)20-13(22)21-12/h1-7H,(H2,18,19,20,21,22). The van der Waals surface area contributed by atoms with Gasteiger partial charge in [-0.25, -0.2) is 9.78 Å². The van der Waals surface area contributed by atoms with E-state index in [2.05, 4.69) is 20.3 Å². The van der Waals surface area contributed by atoms with Crippen molar-refractivity contribution >= 4 is 22.5 Å². The van der Waals surface area contributed by atoms with Gasteiger partial charge in [-0.2, -0.15) is 18.2 Å². The first kappa shape index (κ1) is 14.1. The van der Waals surface area contributed by atoms with Crippen LogP contribution in [-0.2, 0) is 6.18 Å². The van der Waals surface area contributed by atoms with Gasteiger partial charge in [-0.3, -0.25) is 4.98 Å². The minimum absolute atomic E-state index is 0.251. The van der Waals surface area contributed by atoms with Crippen molar-refractivity contribution in [3.63, 3.8) is 0 Å². The molecule has 0 aliphatic carbocycles. The van der Waals surface area contributed by atoms with Crippen LogP contribution in [0.25, 0.3) is 11.0 Å². The van der Waals surface area contributed by atoms with Crippen LogP contribution >= 0.6 is 0 Å². The van der Waals surface area contributed by atoms with Gasteiger partial charge in [0, 0.05) is 11.9 Å². The molecule has 0 saturated carbocycles. The van der Waals surface area contributed by atoms with Crippen molar-refractivity contribution < 1.29 is 13.2 Å². The van der Waals surface area contributed by atoms with Crippen LogP contribution in [0.15, 0.2) is 47.4 Å². The molecule has 0 amide bonds. The highest BCUT2D eigenvalue weighted by Gasteiger charge is 2.29. The highest BCUT2D eigenvalue weighted by Crippen LogP contribution is 2.30. The Balaban J connectivity index is 1.98. The molecule has 0 aliphatic heterocycles. The average molecular weight is 306 g/mol. The summed E-state index contributed by atoms with van der Waals surface area (Å²) in [5, 5.41) is 3.42. The molecule has 2 heterocycles. The molecule has 22 heavy (non-hydrogen) atoms. The number of aromatic nitrogens is 3. The van der Waals surface area contributed by atoms with Gasteiger partial charge in [0.05, 0.1) is 10.9 Å². The summed E-state index contributed by atoms with van der Waals surface area (Å²) < 4.78 is 37.6. The summed E-state index contributed by atoms with van der Waals surface area (Å²) in [5.41, 5.74) is -0.686. The molecular weight excluding hydrogens is 297 g/mol. The summed E-state index contributed by atoms with van der Waals surface area (Å²) in [5.74, 6) is 0.322. The van der Waals surface area contributed by atoms with Crippen LogP contribution in [0.2, 0.25) is 0 Å². The number of nitrogens with one attached hydrogen (secondary N) is 2. The summed E-state index contributed by atoms with van der Waals surface area (Å²) in [4.78, 5) is 21.7. The first-order valence-electron chi connectivity index (χ1n) is 6.23. The zero-order valence-corrected chi connectivity index (χ0v) is 11.0. The Labute approximate surface area is 121 Å². The zero-order valence-electron chi connectivity index (χ0n) is 11.0. The topological polar surface area (TPSA) is 70.7 Å². The fraction of sp³-hybridized carbons (Fsp3) is 0.0714. The number of rotatable bonds is 2. The molecule has 0 radical (unpaired) electrons. The van der Waals surface area contributed by atoms with Crippen LogP contribution in [0.5, 0.6) is 0 Å². The monoisotopic (exact) mass is 306 g/mol. The second kappa shape index (κ2) is 5.14. The highest BCUT2D eigenvalue weighted by atomic mass is 19.4. The predicted molar refractivity (Wildman–Crippen MR) is 74.9 cm³/mol. The van der Waals surface area contributed by atoms with E-state index in [0.29, 0.717) is 16.9 Å². The largest absolute Gasteiger partial charge is 0.416 e. The van der Waals surface area contributed by atoms with Crippen LogP contribution in [0, 0.1) is 0 Å². The summed E-state index contributed by atoms with van der Waals surface area (Å²) in [7, 11) is 0. The lowest BCUT2D eigenvalue weighted by Crippen LogP contribution is -2.13. The minimum Gasteiger partial charge on any atom is -0.341 e. The van der Waals surface area contributed by atoms with Crippen molar-refractivity contribution in [2.24, 2.45) is 0 Å². The molecule has 0 spiro atoms. The first-order chi connectivity index (χ1) is 10.4. The van der Waals surface area contributed by atoms with E-state index in [4.69, 9.17) is 0 Å². The molecule has 0 aliphatic rings. The number of halogens is 3. The number of hydrogen-bond acceptors (Lipinski definition) is 4. The number of alkyl halides is 3. The van der Waals surface area contributed by atoms with Crippen LogP contribution in [0.3, 0.4) is 0 Å². The third kappa shape index (κ3) is 2.76. The van der Waals surface area contributed by atoms with Gasteiger partial charge in [0.1, 0.15) is 5.82 Å². The SMILES string of the molecule is O=c1nc2ncccc2c(Nc2ccc(C(F)(F)F)cc2)[nH]1. The van der Waals surface area contributed by atoms with E-state index >= 15 is 0 Å². The molecule has 1 aromatic carbocycles. The van der Waals surface area contributed by atoms with Gasteiger partial charge < -0.3 is 5.32 Å². The van der Waals surface area contributed by atoms with Gasteiger partial charge in [0.2, 0.25) is 0 Å². The molecular formula is C14H9F3N4O. The molecule has 112 valence electrons. The number of hydrogen-bond donors (Lipinski definition) is 2. The van der Waals surface area contributed by atoms with Crippen molar-refractivity contribution in [3.05, 3.63) is 58.6 Å². The van der Waals surface area contributed by atoms with Crippen LogP contribution in [-0.4, -0.2) is 15.0 Å². The molecule has 8 heteroatoms. The van der Waals surface area contributed by atoms with E-state index in [1.165, 1.54) is 18.3 Å². The third-order valence-corrected chi connectivity index (χ3v) is 2.98. The van der Waals surface area contributed by atoms with Gasteiger partial charge in [-0.15, -0.1) is 0 Å². The van der Waals surface area contributed by atoms with E-state index in [0.717, 1.165) is 12.1 Å². The second-order valence-corrected chi connectivity index (χ2v) is 4.49. The number of anilines is 2. The van der Waals surface area contributed by atoms with Gasteiger partial charge in [-0.1, -0.05) is 0 Å². The number of aromatic amines is 1. The molecule has 0 unspecified atom stereocenters. The molecule has 0 fully saturated rings. The molecule has 0 bridgehead atoms. The van der Waals surface area contributed by atoms with E-state index < -0.39 is 17.4 Å². The van der Waals surface area contributed by atoms with E-state index in [9.17, 15) is 18.0 Å². The quantitative estimate of drug-likeness (QED) is 0.763. The Morgan fingerprint density at radius 2 is 1.82 bits per heavy atom. The van der Waals surface area contributed by atoms with Crippen LogP contribution in [0.4, 0.5) is 24.7 Å². The third-order valence-electron chi connectivity index (χ3n) is 2.98. The Kier molecular flexibility index (Phi) is 3.28. The average Bonchev–Trinajstić information content (AvgIpc) is 2.46. The highest BCUT2D eigenvalue weighted by molar-refractivity contribution is 5.87. The van der Waals surface area contributed by atoms with Crippen molar-refractivity contribution in [3.8, 4) is 0 Å². The van der Waals surface area contributed by atoms with Gasteiger partial charge in [0.15, 0.2) is 5.65 Å². The molecule has 0 saturated heterocycles. The van der Waals surface area contributed by atoms with Crippen molar-refractivity contribution in [1.29, 1.82) is 0 Å². The smallest absolute Gasteiger partial charge is 0.341 e. The lowest BCUT2D eigenvalue weighted by molar-refractivity contribution is -0.137. The number of H-pyrrole nitrogens is 1. The number of benzene rings is 1. The lowest BCUT2D eigenvalue weighted by Gasteiger charge is -2.10. The molecule has 5 nitrogen and oxygen atoms in total. The predicted octanol–water partition coefficient (Wildman–Crippen LogP) is 3.08. The Morgan fingerprint density at radius 1 is 1.09 bits per heavy atom. The lowest BCUT2D eigenvalue weighted by atomic mass is 10.2. The zero-order chi connectivity index (χ0) is 15.7. The second-order valence-electron chi connectivity index (χ2n) is 4.49. The Morgan fingerprint density at radius 3 is 2.50 bits per heavy atom. The molecule has 2 N–H and O–H groups in total. The van der Waals surface area contributed by atoms with Gasteiger partial charge in [0.25, 0.3) is 0 Å². The normalized spacial score (nSPS) is 11.6. The minimum atomic E-state index is -4.39. The molecule has 3 rings (SSSR count).